The molecule has 1 aromatic carbocycles. The number of hydrogen-bond donors (Lipinski definition) is 0. The molecule has 2 rings (SSSR count). The van der Waals surface area contributed by atoms with Crippen molar-refractivity contribution >= 4 is 0 Å². The fourth-order valence-electron chi connectivity index (χ4n) is 1.88. The lowest BCUT2D eigenvalue weighted by molar-refractivity contribution is 0.410. The van der Waals surface area contributed by atoms with Crippen LogP contribution >= 0.6 is 0 Å². The maximum Gasteiger partial charge on any atom is 0.122 e. The first-order chi connectivity index (χ1) is 6.22. The third kappa shape index (κ3) is 1.55. The van der Waals surface area contributed by atoms with Gasteiger partial charge in [0.1, 0.15) is 5.75 Å². The van der Waals surface area contributed by atoms with Crippen LogP contribution in [0.5, 0.6) is 5.75 Å². The van der Waals surface area contributed by atoms with E-state index in [1.807, 2.05) is 0 Å². The Morgan fingerprint density at radius 3 is 2.46 bits per heavy atom. The first-order valence-electron chi connectivity index (χ1n) is 4.87. The monoisotopic (exact) mass is 176 g/mol. The van der Waals surface area contributed by atoms with Crippen molar-refractivity contribution in [3.05, 3.63) is 28.8 Å². The molecule has 1 aromatic rings. The van der Waals surface area contributed by atoms with Gasteiger partial charge in [-0.05, 0) is 55.4 Å². The topological polar surface area (TPSA) is 9.23 Å². The zero-order valence-electron chi connectivity index (χ0n) is 8.55. The highest BCUT2D eigenvalue weighted by molar-refractivity contribution is 5.45. The minimum atomic E-state index is 0.814. The van der Waals surface area contributed by atoms with Crippen LogP contribution in [-0.2, 0) is 0 Å². The molecule has 0 bridgehead atoms. The minimum Gasteiger partial charge on any atom is -0.496 e. The van der Waals surface area contributed by atoms with Crippen LogP contribution < -0.4 is 4.74 Å². The zero-order chi connectivity index (χ0) is 9.42. The minimum absolute atomic E-state index is 0.814. The van der Waals surface area contributed by atoms with Gasteiger partial charge in [0.15, 0.2) is 0 Å². The van der Waals surface area contributed by atoms with Crippen LogP contribution in [0.3, 0.4) is 0 Å². The van der Waals surface area contributed by atoms with E-state index in [1.54, 1.807) is 7.11 Å². The average molecular weight is 176 g/mol. The van der Waals surface area contributed by atoms with Crippen molar-refractivity contribution < 1.29 is 4.74 Å². The van der Waals surface area contributed by atoms with Crippen LogP contribution in [0.25, 0.3) is 0 Å². The summed E-state index contributed by atoms with van der Waals surface area (Å²) in [5.41, 5.74) is 4.14. The molecule has 0 aromatic heterocycles. The van der Waals surface area contributed by atoms with Gasteiger partial charge in [-0.3, -0.25) is 0 Å². The van der Waals surface area contributed by atoms with E-state index in [0.29, 0.717) is 0 Å². The van der Waals surface area contributed by atoms with Gasteiger partial charge < -0.3 is 4.74 Å². The summed E-state index contributed by atoms with van der Waals surface area (Å²) < 4.78 is 5.34. The van der Waals surface area contributed by atoms with E-state index in [0.717, 1.165) is 11.7 Å². The summed E-state index contributed by atoms with van der Waals surface area (Å²) in [5, 5.41) is 0. The number of methoxy groups -OCH3 is 1. The van der Waals surface area contributed by atoms with E-state index >= 15 is 0 Å². The molecule has 0 atom stereocenters. The normalized spacial score (nSPS) is 15.9. The summed E-state index contributed by atoms with van der Waals surface area (Å²) >= 11 is 0. The fourth-order valence-corrected chi connectivity index (χ4v) is 1.88. The first-order valence-corrected chi connectivity index (χ1v) is 4.87. The molecule has 0 spiro atoms. The summed E-state index contributed by atoms with van der Waals surface area (Å²) in [6.45, 7) is 4.29. The van der Waals surface area contributed by atoms with E-state index in [2.05, 4.69) is 26.0 Å². The van der Waals surface area contributed by atoms with Gasteiger partial charge >= 0.3 is 0 Å². The van der Waals surface area contributed by atoms with Crippen molar-refractivity contribution in [3.63, 3.8) is 0 Å². The van der Waals surface area contributed by atoms with Crippen LogP contribution in [0, 0.1) is 13.8 Å². The van der Waals surface area contributed by atoms with E-state index in [-0.39, 0.29) is 0 Å². The van der Waals surface area contributed by atoms with Crippen LogP contribution in [0.15, 0.2) is 12.1 Å². The summed E-state index contributed by atoms with van der Waals surface area (Å²) in [6, 6.07) is 4.41. The molecule has 0 radical (unpaired) electrons. The third-order valence-corrected chi connectivity index (χ3v) is 2.78. The van der Waals surface area contributed by atoms with Crippen molar-refractivity contribution in [2.45, 2.75) is 32.6 Å². The summed E-state index contributed by atoms with van der Waals surface area (Å²) in [5.74, 6) is 1.86. The van der Waals surface area contributed by atoms with Gasteiger partial charge in [0.25, 0.3) is 0 Å². The zero-order valence-corrected chi connectivity index (χ0v) is 8.55. The molecule has 1 heteroatoms. The van der Waals surface area contributed by atoms with Crippen LogP contribution in [0.1, 0.15) is 35.4 Å². The lowest BCUT2D eigenvalue weighted by atomic mass is 10.0. The Morgan fingerprint density at radius 1 is 1.23 bits per heavy atom. The Morgan fingerprint density at radius 2 is 1.92 bits per heavy atom. The third-order valence-electron chi connectivity index (χ3n) is 2.78. The van der Waals surface area contributed by atoms with Gasteiger partial charge in [0, 0.05) is 0 Å². The number of rotatable bonds is 2. The molecule has 13 heavy (non-hydrogen) atoms. The largest absolute Gasteiger partial charge is 0.496 e. The lowest BCUT2D eigenvalue weighted by Crippen LogP contribution is -1.93. The fraction of sp³-hybridized carbons (Fsp3) is 0.500. The molecule has 0 N–H and O–H groups in total. The summed E-state index contributed by atoms with van der Waals surface area (Å²) in [6.07, 6.45) is 2.71. The molecular formula is C12H16O. The molecule has 1 saturated carbocycles. The van der Waals surface area contributed by atoms with Gasteiger partial charge in [0.05, 0.1) is 7.11 Å². The molecule has 0 amide bonds. The van der Waals surface area contributed by atoms with Gasteiger partial charge in [0.2, 0.25) is 0 Å². The highest BCUT2D eigenvalue weighted by Crippen LogP contribution is 2.43. The summed E-state index contributed by atoms with van der Waals surface area (Å²) in [4.78, 5) is 0. The highest BCUT2D eigenvalue weighted by Gasteiger charge is 2.26. The molecule has 0 saturated heterocycles. The molecule has 1 aliphatic rings. The molecule has 0 aliphatic heterocycles. The van der Waals surface area contributed by atoms with Gasteiger partial charge in [-0.1, -0.05) is 6.07 Å². The van der Waals surface area contributed by atoms with Gasteiger partial charge in [-0.25, -0.2) is 0 Å². The number of hydrogen-bond acceptors (Lipinski definition) is 1. The van der Waals surface area contributed by atoms with Crippen LogP contribution in [0.2, 0.25) is 0 Å². The SMILES string of the molecule is COc1cc(C)cc(C2CC2)c1C. The Balaban J connectivity index is 2.47. The molecule has 1 aliphatic carbocycles. The Kier molecular flexibility index (Phi) is 2.03. The second kappa shape index (κ2) is 3.06. The second-order valence-corrected chi connectivity index (χ2v) is 3.96. The number of ether oxygens (including phenoxy) is 1. The second-order valence-electron chi connectivity index (χ2n) is 3.96. The standard InChI is InChI=1S/C12H16O/c1-8-6-11(10-4-5-10)9(2)12(7-8)13-3/h6-7,10H,4-5H2,1-3H3. The van der Waals surface area contributed by atoms with Crippen LogP contribution in [-0.4, -0.2) is 7.11 Å². The molecule has 70 valence electrons. The quantitative estimate of drug-likeness (QED) is 0.672. The van der Waals surface area contributed by atoms with Gasteiger partial charge in [-0.15, -0.1) is 0 Å². The van der Waals surface area contributed by atoms with E-state index in [4.69, 9.17) is 4.74 Å². The Hall–Kier alpha value is -0.980. The molecule has 0 heterocycles. The first kappa shape index (κ1) is 8.61. The predicted molar refractivity (Wildman–Crippen MR) is 54.4 cm³/mol. The molecular weight excluding hydrogens is 160 g/mol. The van der Waals surface area contributed by atoms with Crippen LogP contribution in [0.4, 0.5) is 0 Å². The van der Waals surface area contributed by atoms with Crippen molar-refractivity contribution in [2.75, 3.05) is 7.11 Å². The van der Waals surface area contributed by atoms with Crippen molar-refractivity contribution in [2.24, 2.45) is 0 Å². The number of benzene rings is 1. The maximum absolute atomic E-state index is 5.34. The number of aryl methyl sites for hydroxylation is 1. The maximum atomic E-state index is 5.34. The predicted octanol–water partition coefficient (Wildman–Crippen LogP) is 3.19. The summed E-state index contributed by atoms with van der Waals surface area (Å²) in [7, 11) is 1.75. The van der Waals surface area contributed by atoms with Gasteiger partial charge in [-0.2, -0.15) is 0 Å². The smallest absolute Gasteiger partial charge is 0.122 e. The molecule has 0 unspecified atom stereocenters. The van der Waals surface area contributed by atoms with Crippen molar-refractivity contribution in [3.8, 4) is 5.75 Å². The lowest BCUT2D eigenvalue weighted by Gasteiger charge is -2.11. The highest BCUT2D eigenvalue weighted by atomic mass is 16.5. The van der Waals surface area contributed by atoms with Crippen molar-refractivity contribution in [1.29, 1.82) is 0 Å². The molecule has 1 nitrogen and oxygen atoms in total. The molecule has 1 fully saturated rings. The Bertz CT molecular complexity index is 324. The Labute approximate surface area is 79.7 Å². The van der Waals surface area contributed by atoms with E-state index in [1.165, 1.54) is 29.5 Å². The van der Waals surface area contributed by atoms with E-state index in [9.17, 15) is 0 Å². The van der Waals surface area contributed by atoms with E-state index < -0.39 is 0 Å². The average Bonchev–Trinajstić information content (AvgIpc) is 2.91. The van der Waals surface area contributed by atoms with Crippen molar-refractivity contribution in [1.82, 2.24) is 0 Å².